The minimum atomic E-state index is -0.719. The molecule has 0 bridgehead atoms. The van der Waals surface area contributed by atoms with Crippen LogP contribution in [0.25, 0.3) is 0 Å². The number of hydrogen-bond acceptors (Lipinski definition) is 3. The molecule has 7 heteroatoms. The molecule has 20 heavy (non-hydrogen) atoms. The zero-order chi connectivity index (χ0) is 14.5. The highest BCUT2D eigenvalue weighted by Crippen LogP contribution is 2.22. The van der Waals surface area contributed by atoms with Crippen LogP contribution in [0.15, 0.2) is 17.1 Å². The molecule has 0 radical (unpaired) electrons. The molecule has 0 fully saturated rings. The third-order valence-corrected chi connectivity index (χ3v) is 4.20. The van der Waals surface area contributed by atoms with Gasteiger partial charge in [-0.15, -0.1) is 35.3 Å². The molecule has 0 saturated heterocycles. The van der Waals surface area contributed by atoms with E-state index in [9.17, 15) is 5.11 Å². The van der Waals surface area contributed by atoms with Crippen molar-refractivity contribution >= 4 is 52.9 Å². The molecule has 2 N–H and O–H groups in total. The van der Waals surface area contributed by atoms with E-state index in [-0.39, 0.29) is 24.0 Å². The summed E-state index contributed by atoms with van der Waals surface area (Å²) in [5.74, 6) is 0.762. The molecule has 0 amide bonds. The Hall–Kier alpha value is -0.0500. The van der Waals surface area contributed by atoms with Crippen LogP contribution in [0.2, 0.25) is 4.34 Å². The lowest BCUT2D eigenvalue weighted by molar-refractivity contribution is 0.0598. The van der Waals surface area contributed by atoms with Gasteiger partial charge in [0.1, 0.15) is 0 Å². The Balaban J connectivity index is 0.00000361. The summed E-state index contributed by atoms with van der Waals surface area (Å²) in [5, 5.41) is 13.2. The average Bonchev–Trinajstić information content (AvgIpc) is 2.75. The Morgan fingerprint density at radius 2 is 2.20 bits per heavy atom. The second-order valence-corrected chi connectivity index (χ2v) is 6.61. The molecular formula is C13H23ClIN3OS. The molecule has 0 aliphatic carbocycles. The van der Waals surface area contributed by atoms with Crippen LogP contribution in [0.4, 0.5) is 0 Å². The van der Waals surface area contributed by atoms with Gasteiger partial charge in [0, 0.05) is 25.5 Å². The maximum atomic E-state index is 9.99. The van der Waals surface area contributed by atoms with Crippen molar-refractivity contribution < 1.29 is 5.11 Å². The van der Waals surface area contributed by atoms with E-state index in [2.05, 4.69) is 10.3 Å². The Bertz CT molecular complexity index is 437. The van der Waals surface area contributed by atoms with Crippen LogP contribution in [-0.2, 0) is 6.54 Å². The van der Waals surface area contributed by atoms with Crippen LogP contribution in [0, 0.1) is 0 Å². The summed E-state index contributed by atoms with van der Waals surface area (Å²) in [4.78, 5) is 7.41. The lowest BCUT2D eigenvalue weighted by atomic mass is 10.0. The summed E-state index contributed by atoms with van der Waals surface area (Å²) in [6.45, 7) is 4.99. The molecule has 1 aromatic rings. The molecule has 1 atom stereocenters. The summed E-state index contributed by atoms with van der Waals surface area (Å²) < 4.78 is 0.792. The minimum absolute atomic E-state index is 0. The molecule has 0 aliphatic heterocycles. The van der Waals surface area contributed by atoms with Gasteiger partial charge in [0.25, 0.3) is 0 Å². The van der Waals surface area contributed by atoms with Crippen molar-refractivity contribution in [1.82, 2.24) is 10.2 Å². The number of aliphatic imine (C=N–C) groups is 1. The van der Waals surface area contributed by atoms with E-state index in [0.29, 0.717) is 13.0 Å². The highest BCUT2D eigenvalue weighted by atomic mass is 127. The number of guanidine groups is 1. The first-order valence-corrected chi connectivity index (χ1v) is 7.46. The normalized spacial score (nSPS) is 14.4. The number of halogens is 2. The topological polar surface area (TPSA) is 47.9 Å². The van der Waals surface area contributed by atoms with Gasteiger partial charge < -0.3 is 15.3 Å². The summed E-state index contributed by atoms with van der Waals surface area (Å²) in [6.07, 6.45) is 0.696. The number of aliphatic hydroxyl groups is 1. The first kappa shape index (κ1) is 19.9. The zero-order valence-electron chi connectivity index (χ0n) is 12.3. The molecular weight excluding hydrogens is 409 g/mol. The van der Waals surface area contributed by atoms with Gasteiger partial charge in [-0.3, -0.25) is 4.99 Å². The molecule has 116 valence electrons. The Kier molecular flexibility index (Phi) is 9.04. The molecule has 0 aliphatic rings. The third kappa shape index (κ3) is 6.60. The monoisotopic (exact) mass is 431 g/mol. The van der Waals surface area contributed by atoms with Crippen LogP contribution in [0.5, 0.6) is 0 Å². The van der Waals surface area contributed by atoms with Crippen molar-refractivity contribution in [3.05, 3.63) is 21.3 Å². The Morgan fingerprint density at radius 3 is 2.65 bits per heavy atom. The molecule has 4 nitrogen and oxygen atoms in total. The molecule has 1 unspecified atom stereocenters. The van der Waals surface area contributed by atoms with Crippen molar-refractivity contribution in [3.8, 4) is 0 Å². The number of nitrogens with zero attached hydrogens (tertiary/aromatic N) is 2. The van der Waals surface area contributed by atoms with E-state index in [4.69, 9.17) is 11.6 Å². The maximum Gasteiger partial charge on any atom is 0.193 e. The van der Waals surface area contributed by atoms with E-state index in [1.54, 1.807) is 18.4 Å². The van der Waals surface area contributed by atoms with Gasteiger partial charge in [0.05, 0.1) is 16.5 Å². The van der Waals surface area contributed by atoms with E-state index < -0.39 is 5.60 Å². The van der Waals surface area contributed by atoms with Gasteiger partial charge in [-0.2, -0.15) is 0 Å². The number of hydrogen-bond donors (Lipinski definition) is 2. The first-order chi connectivity index (χ1) is 8.88. The van der Waals surface area contributed by atoms with Gasteiger partial charge in [-0.25, -0.2) is 0 Å². The quantitative estimate of drug-likeness (QED) is 0.428. The first-order valence-electron chi connectivity index (χ1n) is 6.26. The van der Waals surface area contributed by atoms with Crippen LogP contribution >= 0.6 is 46.9 Å². The Morgan fingerprint density at radius 1 is 1.55 bits per heavy atom. The highest BCUT2D eigenvalue weighted by Gasteiger charge is 2.18. The predicted molar refractivity (Wildman–Crippen MR) is 98.5 cm³/mol. The van der Waals surface area contributed by atoms with Crippen molar-refractivity contribution in [2.45, 2.75) is 32.4 Å². The summed E-state index contributed by atoms with van der Waals surface area (Å²) in [5.41, 5.74) is -0.719. The van der Waals surface area contributed by atoms with Crippen LogP contribution in [0.3, 0.4) is 0 Å². The molecule has 1 rings (SSSR count). The third-order valence-electron chi connectivity index (χ3n) is 2.98. The maximum absolute atomic E-state index is 9.99. The predicted octanol–water partition coefficient (Wildman–Crippen LogP) is 3.19. The van der Waals surface area contributed by atoms with Gasteiger partial charge in [-0.1, -0.05) is 18.5 Å². The van der Waals surface area contributed by atoms with E-state index in [1.807, 2.05) is 37.9 Å². The van der Waals surface area contributed by atoms with Crippen molar-refractivity contribution in [3.63, 3.8) is 0 Å². The second-order valence-electron chi connectivity index (χ2n) is 4.81. The van der Waals surface area contributed by atoms with E-state index in [0.717, 1.165) is 16.8 Å². The number of nitrogens with one attached hydrogen (secondary N) is 1. The Labute approximate surface area is 147 Å². The van der Waals surface area contributed by atoms with Crippen molar-refractivity contribution in [2.75, 3.05) is 20.6 Å². The van der Waals surface area contributed by atoms with Gasteiger partial charge in [0.15, 0.2) is 5.96 Å². The average molecular weight is 432 g/mol. The fraction of sp³-hybridized carbons (Fsp3) is 0.615. The summed E-state index contributed by atoms with van der Waals surface area (Å²) in [7, 11) is 3.70. The number of thiophene rings is 1. The molecule has 0 aromatic carbocycles. The van der Waals surface area contributed by atoms with Gasteiger partial charge in [0.2, 0.25) is 0 Å². The minimum Gasteiger partial charge on any atom is -0.388 e. The van der Waals surface area contributed by atoms with Gasteiger partial charge in [-0.05, 0) is 25.5 Å². The fourth-order valence-corrected chi connectivity index (χ4v) is 2.67. The van der Waals surface area contributed by atoms with Gasteiger partial charge >= 0.3 is 0 Å². The van der Waals surface area contributed by atoms with Crippen molar-refractivity contribution in [1.29, 1.82) is 0 Å². The fourth-order valence-electron chi connectivity index (χ4n) is 1.52. The second kappa shape index (κ2) is 9.07. The van der Waals surface area contributed by atoms with E-state index >= 15 is 0 Å². The number of rotatable bonds is 5. The van der Waals surface area contributed by atoms with E-state index in [1.165, 1.54) is 4.88 Å². The SMILES string of the molecule is CCC(C)(O)CNC(=NC)N(C)Cc1ccc(Cl)s1.I. The molecule has 1 aromatic heterocycles. The summed E-state index contributed by atoms with van der Waals surface area (Å²) in [6, 6.07) is 3.91. The lowest BCUT2D eigenvalue weighted by Crippen LogP contribution is -2.45. The summed E-state index contributed by atoms with van der Waals surface area (Å²) >= 11 is 7.48. The zero-order valence-corrected chi connectivity index (χ0v) is 16.2. The van der Waals surface area contributed by atoms with Crippen LogP contribution in [-0.4, -0.2) is 42.2 Å². The lowest BCUT2D eigenvalue weighted by Gasteiger charge is -2.26. The highest BCUT2D eigenvalue weighted by molar-refractivity contribution is 14.0. The largest absolute Gasteiger partial charge is 0.388 e. The molecule has 0 saturated carbocycles. The van der Waals surface area contributed by atoms with Crippen LogP contribution in [0.1, 0.15) is 25.1 Å². The molecule has 0 spiro atoms. The van der Waals surface area contributed by atoms with Crippen LogP contribution < -0.4 is 5.32 Å². The smallest absolute Gasteiger partial charge is 0.193 e. The standard InChI is InChI=1S/C13H22ClN3OS.HI/c1-5-13(2,18)9-16-12(15-3)17(4)8-10-6-7-11(14)19-10;/h6-7,18H,5,8-9H2,1-4H3,(H,15,16);1H. The van der Waals surface area contributed by atoms with Crippen molar-refractivity contribution in [2.24, 2.45) is 4.99 Å². The molecule has 1 heterocycles.